The summed E-state index contributed by atoms with van der Waals surface area (Å²) < 4.78 is 3.72. The molecule has 5 nitrogen and oxygen atoms in total. The van der Waals surface area contributed by atoms with Crippen LogP contribution in [0.5, 0.6) is 0 Å². The first-order valence-electron chi connectivity index (χ1n) is 5.67. The normalized spacial score (nSPS) is 14.3. The molecule has 0 spiro atoms. The Balaban J connectivity index is 1.84. The molecule has 1 aromatic heterocycles. The average Bonchev–Trinajstić information content (AvgIpc) is 2.90. The Bertz CT molecular complexity index is 582. The molecule has 2 heterocycles. The number of carbonyl (C=O) groups excluding carboxylic acids is 1. The number of nitrogen functional groups attached to an aromatic ring is 1. The first kappa shape index (κ1) is 11.2. The Labute approximate surface area is 108 Å². The summed E-state index contributed by atoms with van der Waals surface area (Å²) in [4.78, 5) is 13.9. The molecule has 1 aliphatic heterocycles. The summed E-state index contributed by atoms with van der Waals surface area (Å²) in [6, 6.07) is 5.88. The smallest absolute Gasteiger partial charge is 0.275 e. The minimum atomic E-state index is -0.0585. The Hall–Kier alpha value is -1.95. The molecule has 1 amide bonds. The highest BCUT2D eigenvalue weighted by atomic mass is 32.1. The van der Waals surface area contributed by atoms with E-state index >= 15 is 0 Å². The van der Waals surface area contributed by atoms with Crippen LogP contribution in [-0.4, -0.2) is 26.9 Å². The van der Waals surface area contributed by atoms with Gasteiger partial charge in [-0.1, -0.05) is 10.6 Å². The highest BCUT2D eigenvalue weighted by Crippen LogP contribution is 2.22. The van der Waals surface area contributed by atoms with Gasteiger partial charge in [0.25, 0.3) is 5.91 Å². The minimum Gasteiger partial charge on any atom is -0.399 e. The first-order valence-corrected chi connectivity index (χ1v) is 6.51. The number of benzene rings is 1. The van der Waals surface area contributed by atoms with Crippen molar-refractivity contribution in [3.63, 3.8) is 0 Å². The van der Waals surface area contributed by atoms with Gasteiger partial charge < -0.3 is 10.6 Å². The minimum absolute atomic E-state index is 0.0585. The molecular formula is C12H12N4OS. The number of aromatic nitrogens is 2. The zero-order valence-electron chi connectivity index (χ0n) is 9.67. The molecule has 0 bridgehead atoms. The van der Waals surface area contributed by atoms with Gasteiger partial charge in [0.1, 0.15) is 0 Å². The van der Waals surface area contributed by atoms with Crippen LogP contribution >= 0.6 is 11.5 Å². The van der Waals surface area contributed by atoms with E-state index in [2.05, 4.69) is 9.59 Å². The molecule has 0 unspecified atom stereocenters. The van der Waals surface area contributed by atoms with Crippen LogP contribution in [0, 0.1) is 0 Å². The van der Waals surface area contributed by atoms with E-state index in [-0.39, 0.29) is 5.91 Å². The predicted molar refractivity (Wildman–Crippen MR) is 69.2 cm³/mol. The van der Waals surface area contributed by atoms with Gasteiger partial charge in [0.2, 0.25) is 0 Å². The molecule has 0 saturated heterocycles. The van der Waals surface area contributed by atoms with Crippen LogP contribution in [0.4, 0.5) is 5.69 Å². The van der Waals surface area contributed by atoms with Crippen molar-refractivity contribution < 1.29 is 4.79 Å². The van der Waals surface area contributed by atoms with Crippen molar-refractivity contribution in [1.82, 2.24) is 14.5 Å². The number of rotatable bonds is 1. The van der Waals surface area contributed by atoms with Crippen molar-refractivity contribution in [3.05, 3.63) is 40.4 Å². The van der Waals surface area contributed by atoms with E-state index in [0.717, 1.165) is 17.7 Å². The Kier molecular flexibility index (Phi) is 2.71. The zero-order chi connectivity index (χ0) is 12.5. The summed E-state index contributed by atoms with van der Waals surface area (Å²) >= 11 is 1.19. The molecule has 1 aromatic carbocycles. The fourth-order valence-electron chi connectivity index (χ4n) is 2.17. The van der Waals surface area contributed by atoms with Crippen molar-refractivity contribution in [2.75, 3.05) is 12.3 Å². The summed E-state index contributed by atoms with van der Waals surface area (Å²) in [5.41, 5.74) is 9.32. The third kappa shape index (κ3) is 1.95. The summed E-state index contributed by atoms with van der Waals surface area (Å²) in [6.07, 6.45) is 0.860. The summed E-state index contributed by atoms with van der Waals surface area (Å²) in [7, 11) is 0. The van der Waals surface area contributed by atoms with Crippen molar-refractivity contribution in [1.29, 1.82) is 0 Å². The van der Waals surface area contributed by atoms with Gasteiger partial charge in [0.05, 0.1) is 0 Å². The highest BCUT2D eigenvalue weighted by Gasteiger charge is 2.23. The number of amides is 1. The van der Waals surface area contributed by atoms with E-state index in [0.29, 0.717) is 18.8 Å². The SMILES string of the molecule is Nc1ccc2c(c1)CN(C(=O)c1csnn1)CC2. The third-order valence-electron chi connectivity index (χ3n) is 3.11. The first-order chi connectivity index (χ1) is 8.74. The van der Waals surface area contributed by atoms with Crippen molar-refractivity contribution >= 4 is 23.1 Å². The Morgan fingerprint density at radius 2 is 2.28 bits per heavy atom. The number of anilines is 1. The third-order valence-corrected chi connectivity index (χ3v) is 3.61. The van der Waals surface area contributed by atoms with Gasteiger partial charge in [-0.25, -0.2) is 0 Å². The van der Waals surface area contributed by atoms with Crippen molar-refractivity contribution in [2.24, 2.45) is 0 Å². The average molecular weight is 260 g/mol. The topological polar surface area (TPSA) is 72.1 Å². The number of hydrogen-bond donors (Lipinski definition) is 1. The van der Waals surface area contributed by atoms with Crippen LogP contribution in [0.15, 0.2) is 23.6 Å². The second-order valence-electron chi connectivity index (χ2n) is 4.30. The largest absolute Gasteiger partial charge is 0.399 e. The van der Waals surface area contributed by atoms with E-state index < -0.39 is 0 Å². The summed E-state index contributed by atoms with van der Waals surface area (Å²) in [5.74, 6) is -0.0585. The molecule has 18 heavy (non-hydrogen) atoms. The second kappa shape index (κ2) is 4.38. The van der Waals surface area contributed by atoms with Gasteiger partial charge >= 0.3 is 0 Å². The lowest BCUT2D eigenvalue weighted by Crippen LogP contribution is -2.36. The van der Waals surface area contributed by atoms with Crippen LogP contribution < -0.4 is 5.73 Å². The monoisotopic (exact) mass is 260 g/mol. The molecule has 92 valence electrons. The fraction of sp³-hybridized carbons (Fsp3) is 0.250. The predicted octanol–water partition coefficient (Wildman–Crippen LogP) is 1.32. The van der Waals surface area contributed by atoms with Crippen molar-refractivity contribution in [3.8, 4) is 0 Å². The second-order valence-corrected chi connectivity index (χ2v) is 4.90. The molecule has 2 N–H and O–H groups in total. The van der Waals surface area contributed by atoms with Gasteiger partial charge in [-0.05, 0) is 41.2 Å². The number of carbonyl (C=O) groups is 1. The van der Waals surface area contributed by atoms with Gasteiger partial charge in [0.15, 0.2) is 5.69 Å². The van der Waals surface area contributed by atoms with E-state index in [4.69, 9.17) is 5.73 Å². The molecule has 1 aliphatic rings. The van der Waals surface area contributed by atoms with Gasteiger partial charge in [-0.15, -0.1) is 5.10 Å². The van der Waals surface area contributed by atoms with Gasteiger partial charge in [-0.2, -0.15) is 0 Å². The van der Waals surface area contributed by atoms with Crippen LogP contribution in [0.25, 0.3) is 0 Å². The van der Waals surface area contributed by atoms with Gasteiger partial charge in [-0.3, -0.25) is 4.79 Å². The molecule has 0 fully saturated rings. The molecule has 3 rings (SSSR count). The van der Waals surface area contributed by atoms with E-state index in [1.807, 2.05) is 18.2 Å². The lowest BCUT2D eigenvalue weighted by Gasteiger charge is -2.28. The van der Waals surface area contributed by atoms with Crippen LogP contribution in [0.1, 0.15) is 21.6 Å². The highest BCUT2D eigenvalue weighted by molar-refractivity contribution is 7.03. The fourth-order valence-corrected chi connectivity index (χ4v) is 2.60. The maximum atomic E-state index is 12.2. The molecule has 0 radical (unpaired) electrons. The number of nitrogens with zero attached hydrogens (tertiary/aromatic N) is 3. The standard InChI is InChI=1S/C12H12N4OS/c13-10-2-1-8-3-4-16(6-9(8)5-10)12(17)11-7-18-15-14-11/h1-2,5,7H,3-4,6,13H2. The van der Waals surface area contributed by atoms with Crippen LogP contribution in [-0.2, 0) is 13.0 Å². The summed E-state index contributed by atoms with van der Waals surface area (Å²) in [6.45, 7) is 1.31. The summed E-state index contributed by atoms with van der Waals surface area (Å²) in [5, 5.41) is 5.50. The van der Waals surface area contributed by atoms with Crippen LogP contribution in [0.2, 0.25) is 0 Å². The maximum absolute atomic E-state index is 12.2. The van der Waals surface area contributed by atoms with Crippen LogP contribution in [0.3, 0.4) is 0 Å². The zero-order valence-corrected chi connectivity index (χ0v) is 10.5. The number of fused-ring (bicyclic) bond motifs is 1. The lowest BCUT2D eigenvalue weighted by molar-refractivity contribution is 0.0729. The molecular weight excluding hydrogens is 248 g/mol. The lowest BCUT2D eigenvalue weighted by atomic mass is 9.99. The van der Waals surface area contributed by atoms with E-state index in [1.54, 1.807) is 10.3 Å². The van der Waals surface area contributed by atoms with E-state index in [9.17, 15) is 4.79 Å². The molecule has 6 heteroatoms. The number of hydrogen-bond acceptors (Lipinski definition) is 5. The Morgan fingerprint density at radius 3 is 3.06 bits per heavy atom. The van der Waals surface area contributed by atoms with Crippen molar-refractivity contribution in [2.45, 2.75) is 13.0 Å². The van der Waals surface area contributed by atoms with Gasteiger partial charge in [0, 0.05) is 24.2 Å². The molecule has 2 aromatic rings. The maximum Gasteiger partial charge on any atom is 0.275 e. The quantitative estimate of drug-likeness (QED) is 0.785. The van der Waals surface area contributed by atoms with E-state index in [1.165, 1.54) is 17.1 Å². The molecule has 0 saturated carbocycles. The molecule has 0 atom stereocenters. The number of nitrogens with two attached hydrogens (primary N) is 1. The Morgan fingerprint density at radius 1 is 1.39 bits per heavy atom. The molecule has 0 aliphatic carbocycles.